The lowest BCUT2D eigenvalue weighted by Crippen LogP contribution is -2.34. The molecule has 0 saturated heterocycles. The molecule has 0 bridgehead atoms. The van der Waals surface area contributed by atoms with Crippen molar-refractivity contribution in [3.05, 3.63) is 58.1 Å². The van der Waals surface area contributed by atoms with E-state index in [2.05, 4.69) is 15.4 Å². The second kappa shape index (κ2) is 11.2. The van der Waals surface area contributed by atoms with Gasteiger partial charge in [-0.1, -0.05) is 0 Å². The summed E-state index contributed by atoms with van der Waals surface area (Å²) >= 11 is 0. The van der Waals surface area contributed by atoms with Gasteiger partial charge in [-0.25, -0.2) is 13.1 Å². The zero-order chi connectivity index (χ0) is 22.9. The summed E-state index contributed by atoms with van der Waals surface area (Å²) in [5.41, 5.74) is 0.108. The molecule has 2 aromatic carbocycles. The number of rotatable bonds is 12. The van der Waals surface area contributed by atoms with Crippen LogP contribution in [0.5, 0.6) is 5.75 Å². The molecule has 31 heavy (non-hydrogen) atoms. The van der Waals surface area contributed by atoms with Gasteiger partial charge >= 0.3 is 0 Å². The van der Waals surface area contributed by atoms with Crippen LogP contribution in [0.1, 0.15) is 10.4 Å². The Kier molecular flexibility index (Phi) is 8.73. The van der Waals surface area contributed by atoms with Gasteiger partial charge in [-0.15, -0.1) is 0 Å². The number of nitro benzene ring substituents is 1. The van der Waals surface area contributed by atoms with Crippen LogP contribution >= 0.6 is 0 Å². The fraction of sp³-hybridized carbons (Fsp3) is 0.316. The summed E-state index contributed by atoms with van der Waals surface area (Å²) in [5, 5.41) is 16.7. The van der Waals surface area contributed by atoms with Crippen molar-refractivity contribution in [3.8, 4) is 5.75 Å². The van der Waals surface area contributed by atoms with Gasteiger partial charge in [0.2, 0.25) is 10.0 Å². The number of carbonyl (C=O) groups excluding carboxylic acids is 1. The summed E-state index contributed by atoms with van der Waals surface area (Å²) in [6, 6.07) is 9.90. The summed E-state index contributed by atoms with van der Waals surface area (Å²) in [6.45, 7) is 0.678. The molecule has 0 radical (unpaired) electrons. The van der Waals surface area contributed by atoms with Crippen LogP contribution < -0.4 is 20.1 Å². The minimum atomic E-state index is -3.75. The summed E-state index contributed by atoms with van der Waals surface area (Å²) in [4.78, 5) is 23.1. The van der Waals surface area contributed by atoms with Gasteiger partial charge in [-0.2, -0.15) is 0 Å². The summed E-state index contributed by atoms with van der Waals surface area (Å²) in [7, 11) is -0.756. The minimum Gasteiger partial charge on any atom is -0.497 e. The van der Waals surface area contributed by atoms with Crippen molar-refractivity contribution in [2.75, 3.05) is 45.8 Å². The first-order valence-electron chi connectivity index (χ1n) is 9.21. The van der Waals surface area contributed by atoms with Crippen LogP contribution in [0, 0.1) is 10.1 Å². The topological polar surface area (TPSA) is 149 Å². The predicted octanol–water partition coefficient (Wildman–Crippen LogP) is 1.37. The number of hydrogen-bond donors (Lipinski definition) is 3. The van der Waals surface area contributed by atoms with Crippen LogP contribution in [0.3, 0.4) is 0 Å². The van der Waals surface area contributed by atoms with Crippen molar-refractivity contribution in [2.24, 2.45) is 0 Å². The Hall–Kier alpha value is -3.22. The van der Waals surface area contributed by atoms with E-state index >= 15 is 0 Å². The molecule has 0 atom stereocenters. The van der Waals surface area contributed by atoms with Crippen LogP contribution in [0.15, 0.2) is 47.4 Å². The first kappa shape index (κ1) is 24.1. The maximum absolute atomic E-state index is 12.3. The van der Waals surface area contributed by atoms with Crippen LogP contribution in [0.25, 0.3) is 0 Å². The first-order chi connectivity index (χ1) is 14.8. The number of nitrogens with zero attached hydrogens (tertiary/aromatic N) is 1. The molecule has 0 fully saturated rings. The van der Waals surface area contributed by atoms with Gasteiger partial charge in [-0.05, 0) is 36.4 Å². The zero-order valence-electron chi connectivity index (χ0n) is 17.1. The van der Waals surface area contributed by atoms with Gasteiger partial charge in [0.15, 0.2) is 0 Å². The molecule has 0 aliphatic rings. The monoisotopic (exact) mass is 452 g/mol. The summed E-state index contributed by atoms with van der Waals surface area (Å²) in [5.74, 6) is -0.0320. The zero-order valence-corrected chi connectivity index (χ0v) is 17.9. The van der Waals surface area contributed by atoms with Gasteiger partial charge < -0.3 is 20.1 Å². The van der Waals surface area contributed by atoms with E-state index in [0.29, 0.717) is 18.9 Å². The van der Waals surface area contributed by atoms with Crippen molar-refractivity contribution in [3.63, 3.8) is 0 Å². The van der Waals surface area contributed by atoms with E-state index < -0.39 is 20.9 Å². The van der Waals surface area contributed by atoms with E-state index in [9.17, 15) is 23.3 Å². The SMILES string of the molecule is COCCNc1ccc(C(=O)NCCNS(=O)(=O)c2ccc(OC)cc2)cc1[N+](=O)[O-]. The van der Waals surface area contributed by atoms with Gasteiger partial charge in [-0.3, -0.25) is 14.9 Å². The lowest BCUT2D eigenvalue weighted by atomic mass is 10.1. The molecule has 0 aliphatic heterocycles. The van der Waals surface area contributed by atoms with E-state index in [-0.39, 0.29) is 34.9 Å². The number of hydrogen-bond acceptors (Lipinski definition) is 8. The third-order valence-corrected chi connectivity index (χ3v) is 5.63. The molecule has 0 saturated carbocycles. The Balaban J connectivity index is 1.93. The quantitative estimate of drug-likeness (QED) is 0.248. The molecule has 11 nitrogen and oxygen atoms in total. The largest absolute Gasteiger partial charge is 0.497 e. The van der Waals surface area contributed by atoms with Crippen molar-refractivity contribution in [1.82, 2.24) is 10.0 Å². The lowest BCUT2D eigenvalue weighted by molar-refractivity contribution is -0.384. The number of nitrogens with one attached hydrogen (secondary N) is 3. The molecule has 2 rings (SSSR count). The van der Waals surface area contributed by atoms with Gasteiger partial charge in [0.25, 0.3) is 11.6 Å². The van der Waals surface area contributed by atoms with E-state index in [4.69, 9.17) is 9.47 Å². The minimum absolute atomic E-state index is 0.00411. The Morgan fingerprint density at radius 3 is 2.39 bits per heavy atom. The number of ether oxygens (including phenoxy) is 2. The number of sulfonamides is 1. The normalized spacial score (nSPS) is 11.0. The second-order valence-electron chi connectivity index (χ2n) is 6.24. The highest BCUT2D eigenvalue weighted by molar-refractivity contribution is 7.89. The standard InChI is InChI=1S/C19H24N4O7S/c1-29-12-11-20-17-8-3-14(13-18(17)23(25)26)19(24)21-9-10-22-31(27,28)16-6-4-15(30-2)5-7-16/h3-8,13,20,22H,9-12H2,1-2H3,(H,21,24). The van der Waals surface area contributed by atoms with E-state index in [0.717, 1.165) is 6.07 Å². The van der Waals surface area contributed by atoms with Crippen molar-refractivity contribution in [2.45, 2.75) is 4.90 Å². The molecule has 0 aliphatic carbocycles. The number of amides is 1. The molecule has 3 N–H and O–H groups in total. The Bertz CT molecular complexity index is 1010. The lowest BCUT2D eigenvalue weighted by Gasteiger charge is -2.10. The van der Waals surface area contributed by atoms with Crippen molar-refractivity contribution >= 4 is 27.3 Å². The third kappa shape index (κ3) is 6.91. The van der Waals surface area contributed by atoms with E-state index in [1.807, 2.05) is 0 Å². The van der Waals surface area contributed by atoms with Crippen LogP contribution in [0.2, 0.25) is 0 Å². The molecule has 2 aromatic rings. The van der Waals surface area contributed by atoms with Gasteiger partial charge in [0.05, 0.1) is 23.5 Å². The van der Waals surface area contributed by atoms with Gasteiger partial charge in [0.1, 0.15) is 11.4 Å². The van der Waals surface area contributed by atoms with Crippen LogP contribution in [-0.4, -0.2) is 59.7 Å². The Labute approximate surface area is 179 Å². The maximum atomic E-state index is 12.3. The Morgan fingerprint density at radius 1 is 1.06 bits per heavy atom. The van der Waals surface area contributed by atoms with Crippen LogP contribution in [-0.2, 0) is 14.8 Å². The average Bonchev–Trinajstić information content (AvgIpc) is 2.76. The number of carbonyl (C=O) groups is 1. The molecular formula is C19H24N4O7S. The van der Waals surface area contributed by atoms with Crippen molar-refractivity contribution in [1.29, 1.82) is 0 Å². The highest BCUT2D eigenvalue weighted by Crippen LogP contribution is 2.25. The number of methoxy groups -OCH3 is 2. The fourth-order valence-electron chi connectivity index (χ4n) is 2.56. The molecule has 168 valence electrons. The molecule has 1 amide bonds. The summed E-state index contributed by atoms with van der Waals surface area (Å²) in [6.07, 6.45) is 0. The third-order valence-electron chi connectivity index (χ3n) is 4.15. The molecule has 0 unspecified atom stereocenters. The highest BCUT2D eigenvalue weighted by atomic mass is 32.2. The molecule has 0 spiro atoms. The molecule has 0 aromatic heterocycles. The highest BCUT2D eigenvalue weighted by Gasteiger charge is 2.18. The second-order valence-corrected chi connectivity index (χ2v) is 8.00. The number of benzene rings is 2. The summed E-state index contributed by atoms with van der Waals surface area (Å²) < 4.78 is 36.8. The predicted molar refractivity (Wildman–Crippen MR) is 114 cm³/mol. The number of nitro groups is 1. The van der Waals surface area contributed by atoms with E-state index in [1.165, 1.54) is 50.6 Å². The average molecular weight is 452 g/mol. The van der Waals surface area contributed by atoms with Crippen LogP contribution in [0.4, 0.5) is 11.4 Å². The van der Waals surface area contributed by atoms with E-state index in [1.54, 1.807) is 0 Å². The molecule has 0 heterocycles. The van der Waals surface area contributed by atoms with Gasteiger partial charge in [0, 0.05) is 38.4 Å². The van der Waals surface area contributed by atoms with Crippen molar-refractivity contribution < 1.29 is 27.6 Å². The smallest absolute Gasteiger partial charge is 0.293 e. The molecule has 12 heteroatoms. The first-order valence-corrected chi connectivity index (χ1v) is 10.7. The number of anilines is 1. The fourth-order valence-corrected chi connectivity index (χ4v) is 3.59. The Morgan fingerprint density at radius 2 is 1.77 bits per heavy atom. The maximum Gasteiger partial charge on any atom is 0.293 e. The molecular weight excluding hydrogens is 428 g/mol.